The van der Waals surface area contributed by atoms with E-state index in [1.807, 2.05) is 0 Å². The summed E-state index contributed by atoms with van der Waals surface area (Å²) < 4.78 is 0. The molecule has 3 aliphatic rings. The van der Waals surface area contributed by atoms with Gasteiger partial charge in [-0.05, 0) is 42.9 Å². The first-order valence-corrected chi connectivity index (χ1v) is 10.6. The van der Waals surface area contributed by atoms with Crippen molar-refractivity contribution in [1.82, 2.24) is 0 Å². The topological polar surface area (TPSA) is 0 Å². The van der Waals surface area contributed by atoms with Crippen molar-refractivity contribution in [2.24, 2.45) is 23.7 Å². The van der Waals surface area contributed by atoms with Crippen molar-refractivity contribution in [1.29, 1.82) is 0 Å². The quantitative estimate of drug-likeness (QED) is 0.416. The number of rotatable bonds is 0. The van der Waals surface area contributed by atoms with E-state index in [9.17, 15) is 0 Å². The molecule has 0 aliphatic heterocycles. The third-order valence-electron chi connectivity index (χ3n) is 3.87. The second-order valence-electron chi connectivity index (χ2n) is 7.21. The molecule has 0 spiro atoms. The van der Waals surface area contributed by atoms with Gasteiger partial charge in [0.15, 0.2) is 0 Å². The van der Waals surface area contributed by atoms with E-state index in [0.717, 1.165) is 23.7 Å². The zero-order valence-electron chi connectivity index (χ0n) is 10.8. The van der Waals surface area contributed by atoms with Gasteiger partial charge in [0.2, 0.25) is 0 Å². The highest BCUT2D eigenvalue weighted by atomic mass is 28.3. The maximum atomic E-state index is 2.48. The smallest absolute Gasteiger partial charge is 0.0411 e. The molecule has 0 N–H and O–H groups in total. The zero-order valence-corrected chi connectivity index (χ0v) is 11.8. The lowest BCUT2D eigenvalue weighted by molar-refractivity contribution is 0.364. The van der Waals surface area contributed by atoms with Crippen molar-refractivity contribution in [3.8, 4) is 0 Å². The lowest BCUT2D eigenvalue weighted by atomic mass is 9.86. The van der Waals surface area contributed by atoms with E-state index in [-0.39, 0.29) is 0 Å². The first-order chi connectivity index (χ1) is 6.95. The average Bonchev–Trinajstić information content (AvgIpc) is 2.74. The van der Waals surface area contributed by atoms with Gasteiger partial charge in [-0.1, -0.05) is 44.8 Å². The molecule has 0 amide bonds. The Morgan fingerprint density at radius 3 is 1.67 bits per heavy atom. The summed E-state index contributed by atoms with van der Waals surface area (Å²) in [6.45, 7) is 9.31. The van der Waals surface area contributed by atoms with Crippen LogP contribution >= 0.6 is 0 Å². The van der Waals surface area contributed by atoms with Crippen LogP contribution in [0.15, 0.2) is 12.2 Å². The van der Waals surface area contributed by atoms with Crippen molar-refractivity contribution in [2.75, 3.05) is 0 Å². The highest BCUT2D eigenvalue weighted by Crippen LogP contribution is 2.55. The molecule has 0 radical (unpaired) electrons. The van der Waals surface area contributed by atoms with Crippen LogP contribution in [0.3, 0.4) is 0 Å². The van der Waals surface area contributed by atoms with Crippen LogP contribution in [0, 0.1) is 23.7 Å². The van der Waals surface area contributed by atoms with E-state index in [1.54, 1.807) is 0 Å². The molecule has 2 bridgehead atoms. The van der Waals surface area contributed by atoms with Crippen LogP contribution in [0.2, 0.25) is 26.2 Å². The molecule has 4 unspecified atom stereocenters. The minimum absolute atomic E-state index is 0.611. The van der Waals surface area contributed by atoms with E-state index in [4.69, 9.17) is 0 Å². The third-order valence-corrected chi connectivity index (χ3v) is 3.87. The predicted octanol–water partition coefficient (Wildman–Crippen LogP) is 4.56. The molecule has 15 heavy (non-hydrogen) atoms. The van der Waals surface area contributed by atoms with E-state index in [1.165, 1.54) is 25.7 Å². The molecule has 86 valence electrons. The lowest BCUT2D eigenvalue weighted by Crippen LogP contribution is -2.12. The van der Waals surface area contributed by atoms with Crippen LogP contribution in [0.5, 0.6) is 0 Å². The van der Waals surface area contributed by atoms with E-state index in [0.29, 0.717) is 0 Å². The molecule has 0 saturated heterocycles. The van der Waals surface area contributed by atoms with Crippen molar-refractivity contribution in [3.05, 3.63) is 12.2 Å². The average molecular weight is 222 g/mol. The van der Waals surface area contributed by atoms with Crippen molar-refractivity contribution < 1.29 is 0 Å². The van der Waals surface area contributed by atoms with Crippen LogP contribution in [0.4, 0.5) is 0 Å². The Kier molecular flexibility index (Phi) is 3.11. The Morgan fingerprint density at radius 2 is 1.27 bits per heavy atom. The second kappa shape index (κ2) is 4.08. The second-order valence-corrected chi connectivity index (χ2v) is 13.2. The summed E-state index contributed by atoms with van der Waals surface area (Å²) in [6.07, 6.45) is 11.1. The minimum Gasteiger partial charge on any atom is -0.0848 e. The molecule has 4 atom stereocenters. The van der Waals surface area contributed by atoms with Gasteiger partial charge in [-0.2, -0.15) is 0 Å². The highest BCUT2D eigenvalue weighted by molar-refractivity contribution is 6.74. The van der Waals surface area contributed by atoms with Gasteiger partial charge < -0.3 is 0 Å². The fourth-order valence-electron chi connectivity index (χ4n) is 3.47. The fraction of sp³-hybridized carbons (Fsp3) is 0.857. The Labute approximate surface area is 96.2 Å². The first kappa shape index (κ1) is 11.4. The van der Waals surface area contributed by atoms with Gasteiger partial charge in [0.05, 0.1) is 0 Å². The Hall–Kier alpha value is -0.0431. The largest absolute Gasteiger partial charge is 0.0848 e. The van der Waals surface area contributed by atoms with Crippen molar-refractivity contribution >= 4 is 8.07 Å². The summed E-state index contributed by atoms with van der Waals surface area (Å²) >= 11 is 0. The maximum Gasteiger partial charge on any atom is 0.0411 e. The van der Waals surface area contributed by atoms with Gasteiger partial charge in [0.25, 0.3) is 0 Å². The Bertz CT molecular complexity index is 225. The van der Waals surface area contributed by atoms with Crippen LogP contribution in [0.25, 0.3) is 0 Å². The first-order valence-electron chi connectivity index (χ1n) is 6.63. The van der Waals surface area contributed by atoms with Gasteiger partial charge in [-0.15, -0.1) is 0 Å². The summed E-state index contributed by atoms with van der Waals surface area (Å²) in [6, 6.07) is 0. The SMILES string of the molecule is C1=CC2CC1C1CCCC21.C[Si](C)(C)C. The van der Waals surface area contributed by atoms with E-state index in [2.05, 4.69) is 38.3 Å². The molecule has 0 aromatic heterocycles. The Morgan fingerprint density at radius 1 is 0.867 bits per heavy atom. The normalized spacial score (nSPS) is 41.3. The van der Waals surface area contributed by atoms with Crippen LogP contribution < -0.4 is 0 Å². The molecular formula is C14H26Si. The van der Waals surface area contributed by atoms with Gasteiger partial charge in [0, 0.05) is 8.07 Å². The van der Waals surface area contributed by atoms with Crippen LogP contribution in [-0.4, -0.2) is 8.07 Å². The summed E-state index contributed by atoms with van der Waals surface area (Å²) in [5.74, 6) is 4.26. The monoisotopic (exact) mass is 222 g/mol. The molecule has 0 aromatic carbocycles. The predicted molar refractivity (Wildman–Crippen MR) is 70.8 cm³/mol. The summed E-state index contributed by atoms with van der Waals surface area (Å²) in [5.41, 5.74) is 0. The molecule has 2 fully saturated rings. The van der Waals surface area contributed by atoms with Crippen LogP contribution in [0.1, 0.15) is 25.7 Å². The highest BCUT2D eigenvalue weighted by Gasteiger charge is 2.46. The number of hydrogen-bond donors (Lipinski definition) is 0. The van der Waals surface area contributed by atoms with E-state index < -0.39 is 8.07 Å². The third kappa shape index (κ3) is 2.75. The molecule has 2 saturated carbocycles. The fourth-order valence-corrected chi connectivity index (χ4v) is 3.47. The molecule has 0 nitrogen and oxygen atoms in total. The molecule has 3 rings (SSSR count). The molecule has 3 aliphatic carbocycles. The molecule has 0 aromatic rings. The van der Waals surface area contributed by atoms with Crippen molar-refractivity contribution in [2.45, 2.75) is 51.9 Å². The number of allylic oxidation sites excluding steroid dienone is 2. The summed E-state index contributed by atoms with van der Waals surface area (Å²) in [5, 5.41) is 0. The number of fused-ring (bicyclic) bond motifs is 5. The lowest BCUT2D eigenvalue weighted by Gasteiger charge is -2.19. The van der Waals surface area contributed by atoms with E-state index >= 15 is 0 Å². The van der Waals surface area contributed by atoms with Gasteiger partial charge in [-0.25, -0.2) is 0 Å². The molecule has 1 heteroatoms. The molecular weight excluding hydrogens is 196 g/mol. The molecule has 0 heterocycles. The zero-order chi connectivity index (χ0) is 11.1. The summed E-state index contributed by atoms with van der Waals surface area (Å²) in [4.78, 5) is 0. The van der Waals surface area contributed by atoms with Gasteiger partial charge in [-0.3, -0.25) is 0 Å². The standard InChI is InChI=1S/C10H14.C4H12Si/c1-2-9-7-4-5-8(6-7)10(9)3-1;1-5(2,3)4/h4-5,7-10H,1-3,6H2;1-4H3. The summed E-state index contributed by atoms with van der Waals surface area (Å²) in [7, 11) is -0.611. The van der Waals surface area contributed by atoms with Crippen LogP contribution in [-0.2, 0) is 0 Å². The number of hydrogen-bond acceptors (Lipinski definition) is 0. The minimum atomic E-state index is -0.611. The Balaban J connectivity index is 0.000000149. The van der Waals surface area contributed by atoms with Gasteiger partial charge >= 0.3 is 0 Å². The maximum absolute atomic E-state index is 2.48. The van der Waals surface area contributed by atoms with Gasteiger partial charge in [0.1, 0.15) is 0 Å². The van der Waals surface area contributed by atoms with Crippen molar-refractivity contribution in [3.63, 3.8) is 0 Å².